The molecule has 0 bridgehead atoms. The number of nitrogens with one attached hydrogen (secondary N) is 1. The number of fused-ring (bicyclic) bond motifs is 3. The van der Waals surface area contributed by atoms with E-state index < -0.39 is 6.09 Å². The molecule has 84 valence electrons. The van der Waals surface area contributed by atoms with Crippen LogP contribution >= 0.6 is 0 Å². The molecule has 1 aliphatic carbocycles. The molecule has 0 radical (unpaired) electrons. The van der Waals surface area contributed by atoms with Gasteiger partial charge in [0.25, 0.3) is 0 Å². The molecule has 0 saturated carbocycles. The Morgan fingerprint density at radius 1 is 0.941 bits per heavy atom. The number of carboxylic acid groups (broad SMARTS) is 1. The first-order valence-electron chi connectivity index (χ1n) is 5.45. The molecule has 3 heteroatoms. The van der Waals surface area contributed by atoms with Gasteiger partial charge in [-0.25, -0.2) is 4.79 Å². The molecule has 2 N–H and O–H groups in total. The van der Waals surface area contributed by atoms with Crippen LogP contribution in [0.5, 0.6) is 0 Å². The summed E-state index contributed by atoms with van der Waals surface area (Å²) in [5, 5.41) is 11.5. The molecule has 3 rings (SSSR count). The molecule has 0 heterocycles. The summed E-state index contributed by atoms with van der Waals surface area (Å²) in [5.74, 6) is 0. The highest BCUT2D eigenvalue weighted by Gasteiger charge is 2.28. The predicted molar refractivity (Wildman–Crippen MR) is 64.9 cm³/mol. The van der Waals surface area contributed by atoms with Gasteiger partial charge in [0.1, 0.15) is 0 Å². The van der Waals surface area contributed by atoms with Crippen molar-refractivity contribution in [3.8, 4) is 11.1 Å². The molecule has 0 fully saturated rings. The third kappa shape index (κ3) is 1.47. The second-order valence-electron chi connectivity index (χ2n) is 4.06. The van der Waals surface area contributed by atoms with Crippen molar-refractivity contribution in [3.63, 3.8) is 0 Å². The maximum atomic E-state index is 10.9. The Labute approximate surface area is 98.7 Å². The van der Waals surface area contributed by atoms with Gasteiger partial charge in [0.15, 0.2) is 0 Å². The minimum Gasteiger partial charge on any atom is -0.465 e. The highest BCUT2D eigenvalue weighted by molar-refractivity contribution is 5.80. The quantitative estimate of drug-likeness (QED) is 0.783. The molecule has 1 amide bonds. The molecule has 0 aliphatic heterocycles. The molecule has 3 nitrogen and oxygen atoms in total. The van der Waals surface area contributed by atoms with Crippen LogP contribution in [0.3, 0.4) is 0 Å². The first kappa shape index (κ1) is 9.90. The fourth-order valence-corrected chi connectivity index (χ4v) is 2.43. The van der Waals surface area contributed by atoms with Crippen molar-refractivity contribution in [2.24, 2.45) is 0 Å². The Kier molecular flexibility index (Phi) is 2.11. The van der Waals surface area contributed by atoms with Crippen molar-refractivity contribution >= 4 is 6.09 Å². The Morgan fingerprint density at radius 3 is 1.88 bits per heavy atom. The normalized spacial score (nSPS) is 12.9. The third-order valence-electron chi connectivity index (χ3n) is 3.10. The van der Waals surface area contributed by atoms with E-state index >= 15 is 0 Å². The molecule has 0 atom stereocenters. The smallest absolute Gasteiger partial charge is 0.405 e. The lowest BCUT2D eigenvalue weighted by Crippen LogP contribution is -2.26. The Hall–Kier alpha value is -2.29. The molecule has 2 aromatic carbocycles. The van der Waals surface area contributed by atoms with Gasteiger partial charge in [-0.05, 0) is 22.3 Å². The Bertz CT molecular complexity index is 547. The van der Waals surface area contributed by atoms with E-state index in [9.17, 15) is 4.79 Å². The van der Waals surface area contributed by atoms with Gasteiger partial charge >= 0.3 is 6.09 Å². The van der Waals surface area contributed by atoms with Gasteiger partial charge in [-0.3, -0.25) is 0 Å². The molecule has 0 unspecified atom stereocenters. The molecular weight excluding hydrogens is 214 g/mol. The fraction of sp³-hybridized carbons (Fsp3) is 0.0714. The third-order valence-corrected chi connectivity index (χ3v) is 3.10. The Balaban J connectivity index is 2.20. The van der Waals surface area contributed by atoms with Crippen LogP contribution in [0.2, 0.25) is 0 Å². The number of rotatable bonds is 1. The summed E-state index contributed by atoms with van der Waals surface area (Å²) in [6, 6.07) is 15.5. The van der Waals surface area contributed by atoms with Gasteiger partial charge in [-0.1, -0.05) is 48.5 Å². The monoisotopic (exact) mass is 225 g/mol. The minimum atomic E-state index is -0.999. The zero-order valence-corrected chi connectivity index (χ0v) is 9.05. The van der Waals surface area contributed by atoms with Gasteiger partial charge < -0.3 is 10.4 Å². The van der Waals surface area contributed by atoms with Crippen LogP contribution < -0.4 is 5.32 Å². The van der Waals surface area contributed by atoms with Crippen LogP contribution in [0.25, 0.3) is 11.1 Å². The summed E-state index contributed by atoms with van der Waals surface area (Å²) in [7, 11) is 0. The Morgan fingerprint density at radius 2 is 1.41 bits per heavy atom. The van der Waals surface area contributed by atoms with E-state index in [0.29, 0.717) is 0 Å². The zero-order chi connectivity index (χ0) is 11.8. The first-order valence-corrected chi connectivity index (χ1v) is 5.45. The number of amides is 1. The molecule has 0 spiro atoms. The van der Waals surface area contributed by atoms with Crippen molar-refractivity contribution in [2.75, 3.05) is 0 Å². The van der Waals surface area contributed by atoms with Gasteiger partial charge in [0, 0.05) is 0 Å². The van der Waals surface area contributed by atoms with Gasteiger partial charge in [-0.15, -0.1) is 0 Å². The maximum Gasteiger partial charge on any atom is 0.405 e. The van der Waals surface area contributed by atoms with E-state index in [1.807, 2.05) is 48.5 Å². The predicted octanol–water partition coefficient (Wildman–Crippen LogP) is 3.02. The zero-order valence-electron chi connectivity index (χ0n) is 9.05. The van der Waals surface area contributed by atoms with E-state index in [1.54, 1.807) is 0 Å². The van der Waals surface area contributed by atoms with Crippen molar-refractivity contribution in [2.45, 2.75) is 6.04 Å². The minimum absolute atomic E-state index is 0.250. The van der Waals surface area contributed by atoms with Crippen LogP contribution in [0.15, 0.2) is 48.5 Å². The molecule has 0 saturated heterocycles. The molecule has 17 heavy (non-hydrogen) atoms. The van der Waals surface area contributed by atoms with Crippen molar-refractivity contribution in [1.29, 1.82) is 0 Å². The maximum absolute atomic E-state index is 10.9. The highest BCUT2D eigenvalue weighted by atomic mass is 16.4. The number of benzene rings is 2. The van der Waals surface area contributed by atoms with Crippen molar-refractivity contribution in [1.82, 2.24) is 5.32 Å². The second-order valence-corrected chi connectivity index (χ2v) is 4.06. The number of hydrogen-bond acceptors (Lipinski definition) is 1. The summed E-state index contributed by atoms with van der Waals surface area (Å²) in [6.45, 7) is 0. The van der Waals surface area contributed by atoms with E-state index in [1.165, 1.54) is 0 Å². The standard InChI is InChI=1S/C14H11NO2/c16-14(17)15-13-11-7-3-1-5-9(11)10-6-2-4-8-12(10)13/h1-8,13,15H,(H,16,17). The topological polar surface area (TPSA) is 49.3 Å². The second kappa shape index (κ2) is 3.63. The molecule has 0 aromatic heterocycles. The summed E-state index contributed by atoms with van der Waals surface area (Å²) >= 11 is 0. The first-order chi connectivity index (χ1) is 8.27. The van der Waals surface area contributed by atoms with E-state index in [4.69, 9.17) is 5.11 Å². The van der Waals surface area contributed by atoms with E-state index in [-0.39, 0.29) is 6.04 Å². The van der Waals surface area contributed by atoms with Crippen molar-refractivity contribution < 1.29 is 9.90 Å². The van der Waals surface area contributed by atoms with Crippen LogP contribution in [0, 0.1) is 0 Å². The highest BCUT2D eigenvalue weighted by Crippen LogP contribution is 2.42. The number of hydrogen-bond donors (Lipinski definition) is 2. The van der Waals surface area contributed by atoms with Gasteiger partial charge in [0.2, 0.25) is 0 Å². The average molecular weight is 225 g/mol. The lowest BCUT2D eigenvalue weighted by molar-refractivity contribution is 0.192. The lowest BCUT2D eigenvalue weighted by Gasteiger charge is -2.12. The summed E-state index contributed by atoms with van der Waals surface area (Å²) in [6.07, 6.45) is -0.999. The van der Waals surface area contributed by atoms with Gasteiger partial charge in [0.05, 0.1) is 6.04 Å². The van der Waals surface area contributed by atoms with Crippen LogP contribution in [0.4, 0.5) is 4.79 Å². The SMILES string of the molecule is O=C(O)NC1c2ccccc2-c2ccccc21. The largest absolute Gasteiger partial charge is 0.465 e. The van der Waals surface area contributed by atoms with E-state index in [2.05, 4.69) is 5.32 Å². The molecular formula is C14H11NO2. The van der Waals surface area contributed by atoms with Crippen molar-refractivity contribution in [3.05, 3.63) is 59.7 Å². The van der Waals surface area contributed by atoms with Crippen LogP contribution in [-0.4, -0.2) is 11.2 Å². The van der Waals surface area contributed by atoms with E-state index in [0.717, 1.165) is 22.3 Å². The summed E-state index contributed by atoms with van der Waals surface area (Å²) in [4.78, 5) is 10.9. The lowest BCUT2D eigenvalue weighted by atomic mass is 10.1. The summed E-state index contributed by atoms with van der Waals surface area (Å²) in [5.41, 5.74) is 4.27. The summed E-state index contributed by atoms with van der Waals surface area (Å²) < 4.78 is 0. The van der Waals surface area contributed by atoms with Crippen LogP contribution in [0.1, 0.15) is 17.2 Å². The molecule has 2 aromatic rings. The number of carbonyl (C=O) groups is 1. The average Bonchev–Trinajstić information content (AvgIpc) is 2.65. The van der Waals surface area contributed by atoms with Gasteiger partial charge in [-0.2, -0.15) is 0 Å². The molecule has 1 aliphatic rings. The van der Waals surface area contributed by atoms with Crippen LogP contribution in [-0.2, 0) is 0 Å². The fourth-order valence-electron chi connectivity index (χ4n) is 2.43.